The van der Waals surface area contributed by atoms with Crippen molar-refractivity contribution in [3.63, 3.8) is 0 Å². The van der Waals surface area contributed by atoms with Crippen molar-refractivity contribution in [2.24, 2.45) is 0 Å². The predicted octanol–water partition coefficient (Wildman–Crippen LogP) is 4.21. The zero-order valence-corrected chi connectivity index (χ0v) is 14.7. The van der Waals surface area contributed by atoms with Crippen LogP contribution in [0.5, 0.6) is 0 Å². The minimum absolute atomic E-state index is 0.0556. The molecule has 0 aliphatic rings. The number of hydrogen-bond acceptors (Lipinski definition) is 4. The average Bonchev–Trinajstić information content (AvgIpc) is 2.94. The Morgan fingerprint density at radius 2 is 1.96 bits per heavy atom. The van der Waals surface area contributed by atoms with E-state index in [2.05, 4.69) is 10.3 Å². The Labute approximate surface area is 146 Å². The molecule has 0 fully saturated rings. The van der Waals surface area contributed by atoms with Crippen LogP contribution in [0.3, 0.4) is 0 Å². The van der Waals surface area contributed by atoms with Crippen LogP contribution in [0.1, 0.15) is 25.5 Å². The second kappa shape index (κ2) is 7.45. The lowest BCUT2D eigenvalue weighted by Gasteiger charge is -2.06. The number of pyridine rings is 1. The normalized spacial score (nSPS) is 11.0. The lowest BCUT2D eigenvalue weighted by atomic mass is 10.1. The summed E-state index contributed by atoms with van der Waals surface area (Å²) in [4.78, 5) is 17.9. The molecule has 0 bridgehead atoms. The van der Waals surface area contributed by atoms with Crippen LogP contribution in [-0.4, -0.2) is 15.5 Å². The summed E-state index contributed by atoms with van der Waals surface area (Å²) in [5.74, 6) is 0. The summed E-state index contributed by atoms with van der Waals surface area (Å²) in [5, 5.41) is 3.35. The lowest BCUT2D eigenvalue weighted by molar-refractivity contribution is 0.634. The van der Waals surface area contributed by atoms with E-state index in [0.29, 0.717) is 12.2 Å². The minimum Gasteiger partial charge on any atom is -0.379 e. The summed E-state index contributed by atoms with van der Waals surface area (Å²) < 4.78 is 1.83. The van der Waals surface area contributed by atoms with Crippen LogP contribution < -0.4 is 10.9 Å². The van der Waals surface area contributed by atoms with Crippen molar-refractivity contribution >= 4 is 17.2 Å². The summed E-state index contributed by atoms with van der Waals surface area (Å²) >= 11 is 1.52. The van der Waals surface area contributed by atoms with Gasteiger partial charge < -0.3 is 5.32 Å². The molecule has 3 aromatic rings. The zero-order chi connectivity index (χ0) is 16.9. The van der Waals surface area contributed by atoms with Crippen molar-refractivity contribution in [2.75, 3.05) is 11.9 Å². The first-order chi connectivity index (χ1) is 11.7. The molecule has 1 N–H and O–H groups in total. The predicted molar refractivity (Wildman–Crippen MR) is 101 cm³/mol. The van der Waals surface area contributed by atoms with Crippen molar-refractivity contribution < 1.29 is 0 Å². The molecule has 0 atom stereocenters. The third-order valence-electron chi connectivity index (χ3n) is 3.77. The van der Waals surface area contributed by atoms with Crippen molar-refractivity contribution in [2.45, 2.75) is 26.3 Å². The first kappa shape index (κ1) is 16.5. The maximum Gasteiger partial charge on any atom is 0.284 e. The Bertz CT molecular complexity index is 838. The molecular formula is C19H21N3OS. The number of nitrogens with one attached hydrogen (secondary N) is 1. The van der Waals surface area contributed by atoms with Crippen molar-refractivity contribution in [1.82, 2.24) is 8.94 Å². The molecule has 2 heterocycles. The molecule has 24 heavy (non-hydrogen) atoms. The largest absolute Gasteiger partial charge is 0.379 e. The average molecular weight is 339 g/mol. The first-order valence-electron chi connectivity index (χ1n) is 8.11. The highest BCUT2D eigenvalue weighted by Crippen LogP contribution is 2.31. The van der Waals surface area contributed by atoms with Gasteiger partial charge in [0.05, 0.1) is 4.88 Å². The Balaban J connectivity index is 1.87. The molecular weight excluding hydrogens is 318 g/mol. The molecule has 1 aromatic carbocycles. The second-order valence-corrected chi connectivity index (χ2v) is 6.91. The maximum absolute atomic E-state index is 12.7. The van der Waals surface area contributed by atoms with Gasteiger partial charge in [0, 0.05) is 25.0 Å². The van der Waals surface area contributed by atoms with Gasteiger partial charge >= 0.3 is 0 Å². The topological polar surface area (TPSA) is 46.9 Å². The van der Waals surface area contributed by atoms with E-state index in [4.69, 9.17) is 0 Å². The van der Waals surface area contributed by atoms with E-state index >= 15 is 0 Å². The van der Waals surface area contributed by atoms with E-state index in [0.717, 1.165) is 22.4 Å². The zero-order valence-electron chi connectivity index (χ0n) is 13.9. The van der Waals surface area contributed by atoms with E-state index in [-0.39, 0.29) is 11.6 Å². The molecule has 2 aromatic heterocycles. The maximum atomic E-state index is 12.7. The SMILES string of the molecule is CC(C)n1sc(-c2ccccc2)c(NCCc2cccnc2)c1=O. The highest BCUT2D eigenvalue weighted by Gasteiger charge is 2.17. The van der Waals surface area contributed by atoms with Gasteiger partial charge in [-0.3, -0.25) is 13.7 Å². The number of rotatable bonds is 6. The van der Waals surface area contributed by atoms with Gasteiger partial charge in [-0.05, 0) is 37.5 Å². The van der Waals surface area contributed by atoms with Crippen LogP contribution in [-0.2, 0) is 6.42 Å². The van der Waals surface area contributed by atoms with Crippen LogP contribution in [0.4, 0.5) is 5.69 Å². The second-order valence-electron chi connectivity index (χ2n) is 5.92. The van der Waals surface area contributed by atoms with Gasteiger partial charge in [-0.2, -0.15) is 0 Å². The Hall–Kier alpha value is -2.40. The fourth-order valence-electron chi connectivity index (χ4n) is 2.55. The Morgan fingerprint density at radius 3 is 2.62 bits per heavy atom. The number of anilines is 1. The van der Waals surface area contributed by atoms with E-state index in [1.807, 2.05) is 66.5 Å². The highest BCUT2D eigenvalue weighted by molar-refractivity contribution is 7.11. The quantitative estimate of drug-likeness (QED) is 0.732. The Kier molecular flexibility index (Phi) is 5.11. The fraction of sp³-hybridized carbons (Fsp3) is 0.263. The fourth-order valence-corrected chi connectivity index (χ4v) is 3.63. The summed E-state index contributed by atoms with van der Waals surface area (Å²) in [6.07, 6.45) is 4.46. The first-order valence-corrected chi connectivity index (χ1v) is 8.88. The van der Waals surface area contributed by atoms with Crippen molar-refractivity contribution in [1.29, 1.82) is 0 Å². The van der Waals surface area contributed by atoms with Crippen LogP contribution in [0, 0.1) is 0 Å². The Morgan fingerprint density at radius 1 is 1.17 bits per heavy atom. The number of aromatic nitrogens is 2. The van der Waals surface area contributed by atoms with Crippen LogP contribution in [0.25, 0.3) is 10.4 Å². The van der Waals surface area contributed by atoms with E-state index in [1.54, 1.807) is 6.20 Å². The van der Waals surface area contributed by atoms with Crippen molar-refractivity contribution in [3.05, 3.63) is 70.8 Å². The van der Waals surface area contributed by atoms with Crippen molar-refractivity contribution in [3.8, 4) is 10.4 Å². The molecule has 0 spiro atoms. The van der Waals surface area contributed by atoms with Gasteiger partial charge in [0.15, 0.2) is 0 Å². The molecule has 0 radical (unpaired) electrons. The summed E-state index contributed by atoms with van der Waals surface area (Å²) in [5.41, 5.74) is 2.98. The highest BCUT2D eigenvalue weighted by atomic mass is 32.1. The van der Waals surface area contributed by atoms with E-state index in [9.17, 15) is 4.79 Å². The van der Waals surface area contributed by atoms with E-state index in [1.165, 1.54) is 11.5 Å². The summed E-state index contributed by atoms with van der Waals surface area (Å²) in [6, 6.07) is 14.2. The van der Waals surface area contributed by atoms with Gasteiger partial charge in [-0.15, -0.1) is 0 Å². The molecule has 0 unspecified atom stereocenters. The molecule has 5 heteroatoms. The molecule has 124 valence electrons. The number of hydrogen-bond donors (Lipinski definition) is 1. The summed E-state index contributed by atoms with van der Waals surface area (Å²) in [7, 11) is 0. The smallest absolute Gasteiger partial charge is 0.284 e. The molecule has 0 aliphatic carbocycles. The third-order valence-corrected chi connectivity index (χ3v) is 5.18. The van der Waals surface area contributed by atoms with Crippen LogP contribution >= 0.6 is 11.5 Å². The van der Waals surface area contributed by atoms with E-state index < -0.39 is 0 Å². The van der Waals surface area contributed by atoms with Gasteiger partial charge in [0.2, 0.25) is 0 Å². The standard InChI is InChI=1S/C19H21N3OS/c1-14(2)22-19(23)17(18(24-22)16-8-4-3-5-9-16)21-12-10-15-7-6-11-20-13-15/h3-9,11,13-14,21H,10,12H2,1-2H3. The molecule has 0 saturated carbocycles. The number of nitrogens with zero attached hydrogens (tertiary/aromatic N) is 2. The molecule has 4 nitrogen and oxygen atoms in total. The van der Waals surface area contributed by atoms with Gasteiger partial charge in [-0.1, -0.05) is 47.9 Å². The molecule has 0 amide bonds. The lowest BCUT2D eigenvalue weighted by Crippen LogP contribution is -2.19. The summed E-state index contributed by atoms with van der Waals surface area (Å²) in [6.45, 7) is 4.77. The van der Waals surface area contributed by atoms with Gasteiger partial charge in [-0.25, -0.2) is 0 Å². The van der Waals surface area contributed by atoms with Gasteiger partial charge in [0.25, 0.3) is 5.56 Å². The van der Waals surface area contributed by atoms with Crippen LogP contribution in [0.2, 0.25) is 0 Å². The molecule has 0 saturated heterocycles. The van der Waals surface area contributed by atoms with Crippen LogP contribution in [0.15, 0.2) is 59.7 Å². The third kappa shape index (κ3) is 3.57. The number of benzene rings is 1. The molecule has 3 rings (SSSR count). The molecule has 0 aliphatic heterocycles. The monoisotopic (exact) mass is 339 g/mol. The van der Waals surface area contributed by atoms with Gasteiger partial charge in [0.1, 0.15) is 5.69 Å². The minimum atomic E-state index is 0.0556.